The monoisotopic (exact) mass is 379 g/mol. The van der Waals surface area contributed by atoms with Crippen LogP contribution in [-0.2, 0) is 17.6 Å². The summed E-state index contributed by atoms with van der Waals surface area (Å²) in [5.74, 6) is -2.46. The minimum absolute atomic E-state index is 0.114. The molecule has 2 aromatic carbocycles. The molecule has 0 bridgehead atoms. The van der Waals surface area contributed by atoms with Gasteiger partial charge in [-0.1, -0.05) is 48.5 Å². The second-order valence-corrected chi connectivity index (χ2v) is 6.21. The molecule has 1 atom stereocenters. The lowest BCUT2D eigenvalue weighted by molar-refractivity contribution is -0.141. The Labute approximate surface area is 155 Å². The first-order valence-corrected chi connectivity index (χ1v) is 8.46. The Morgan fingerprint density at radius 1 is 1.00 bits per heavy atom. The topological polar surface area (TPSA) is 66.4 Å². The van der Waals surface area contributed by atoms with Crippen molar-refractivity contribution >= 4 is 11.9 Å². The van der Waals surface area contributed by atoms with E-state index < -0.39 is 30.4 Å². The number of alkyl halides is 3. The van der Waals surface area contributed by atoms with Crippen LogP contribution in [0.3, 0.4) is 0 Å². The Hall–Kier alpha value is -2.83. The van der Waals surface area contributed by atoms with Gasteiger partial charge in [0.2, 0.25) is 0 Å². The van der Waals surface area contributed by atoms with E-state index in [2.05, 4.69) is 5.32 Å². The summed E-state index contributed by atoms with van der Waals surface area (Å²) in [6.45, 7) is -0.114. The molecule has 1 unspecified atom stereocenters. The van der Waals surface area contributed by atoms with Gasteiger partial charge in [0.05, 0.1) is 5.92 Å². The quantitative estimate of drug-likeness (QED) is 0.732. The van der Waals surface area contributed by atoms with Crippen LogP contribution in [0.15, 0.2) is 54.6 Å². The molecule has 0 aliphatic carbocycles. The standard InChI is InChI=1S/C20H20F3NO3/c21-20(22,23)11-10-15-8-4-5-9-17(15)18(25)24-13-16(19(26)27)12-14-6-2-1-3-7-14/h1-9,16H,10-13H2,(H,24,25)(H,26,27). The summed E-state index contributed by atoms with van der Waals surface area (Å²) in [5, 5.41) is 11.9. The van der Waals surface area contributed by atoms with Crippen molar-refractivity contribution in [2.45, 2.75) is 25.4 Å². The molecule has 4 nitrogen and oxygen atoms in total. The van der Waals surface area contributed by atoms with E-state index in [1.165, 1.54) is 12.1 Å². The molecule has 2 aromatic rings. The van der Waals surface area contributed by atoms with Gasteiger partial charge in [0, 0.05) is 18.5 Å². The van der Waals surface area contributed by atoms with Gasteiger partial charge >= 0.3 is 12.1 Å². The molecule has 0 radical (unpaired) electrons. The highest BCUT2D eigenvalue weighted by atomic mass is 19.4. The summed E-state index contributed by atoms with van der Waals surface area (Å²) in [5.41, 5.74) is 1.23. The molecule has 2 rings (SSSR count). The number of hydrogen-bond acceptors (Lipinski definition) is 2. The first-order chi connectivity index (χ1) is 12.8. The van der Waals surface area contributed by atoms with Crippen molar-refractivity contribution in [2.75, 3.05) is 6.54 Å². The molecule has 0 aliphatic rings. The molecule has 0 aliphatic heterocycles. The molecule has 2 N–H and O–H groups in total. The maximum Gasteiger partial charge on any atom is 0.389 e. The Bertz CT molecular complexity index is 776. The van der Waals surface area contributed by atoms with Gasteiger partial charge in [-0.15, -0.1) is 0 Å². The molecule has 144 valence electrons. The number of carboxylic acid groups (broad SMARTS) is 1. The van der Waals surface area contributed by atoms with Crippen molar-refractivity contribution in [3.63, 3.8) is 0 Å². The van der Waals surface area contributed by atoms with Crippen molar-refractivity contribution in [3.8, 4) is 0 Å². The molecule has 1 amide bonds. The predicted octanol–water partition coefficient (Wildman–Crippen LogP) is 3.85. The lowest BCUT2D eigenvalue weighted by Crippen LogP contribution is -2.34. The minimum atomic E-state index is -4.31. The van der Waals surface area contributed by atoms with Gasteiger partial charge < -0.3 is 10.4 Å². The van der Waals surface area contributed by atoms with Gasteiger partial charge in [0.25, 0.3) is 5.91 Å². The number of aryl methyl sites for hydroxylation is 1. The van der Waals surface area contributed by atoms with Crippen molar-refractivity contribution in [3.05, 3.63) is 71.3 Å². The third-order valence-corrected chi connectivity index (χ3v) is 4.12. The summed E-state index contributed by atoms with van der Waals surface area (Å²) in [6.07, 6.45) is -5.40. The maximum atomic E-state index is 12.5. The van der Waals surface area contributed by atoms with E-state index >= 15 is 0 Å². The average Bonchev–Trinajstić information content (AvgIpc) is 2.63. The van der Waals surface area contributed by atoms with Gasteiger partial charge in [-0.25, -0.2) is 0 Å². The van der Waals surface area contributed by atoms with Crippen molar-refractivity contribution in [1.82, 2.24) is 5.32 Å². The van der Waals surface area contributed by atoms with Crippen molar-refractivity contribution in [1.29, 1.82) is 0 Å². The lowest BCUT2D eigenvalue weighted by Gasteiger charge is -2.15. The SMILES string of the molecule is O=C(NCC(Cc1ccccc1)C(=O)O)c1ccccc1CCC(F)(F)F. The number of aliphatic carboxylic acids is 1. The van der Waals surface area contributed by atoms with E-state index in [0.717, 1.165) is 5.56 Å². The molecule has 0 saturated carbocycles. The molecule has 0 saturated heterocycles. The molecule has 0 fully saturated rings. The lowest BCUT2D eigenvalue weighted by atomic mass is 9.98. The largest absolute Gasteiger partial charge is 0.481 e. The van der Waals surface area contributed by atoms with Crippen LogP contribution in [0.1, 0.15) is 27.9 Å². The summed E-state index contributed by atoms with van der Waals surface area (Å²) in [7, 11) is 0. The number of carbonyl (C=O) groups excluding carboxylic acids is 1. The van der Waals surface area contributed by atoms with Gasteiger partial charge in [-0.3, -0.25) is 9.59 Å². The summed E-state index contributed by atoms with van der Waals surface area (Å²) in [6, 6.07) is 15.0. The van der Waals surface area contributed by atoms with Crippen LogP contribution in [0.2, 0.25) is 0 Å². The molecule has 0 spiro atoms. The summed E-state index contributed by atoms with van der Waals surface area (Å²) >= 11 is 0. The van der Waals surface area contributed by atoms with Crippen LogP contribution in [0, 0.1) is 5.92 Å². The second-order valence-electron chi connectivity index (χ2n) is 6.21. The number of halogens is 3. The van der Waals surface area contributed by atoms with E-state index in [4.69, 9.17) is 0 Å². The van der Waals surface area contributed by atoms with E-state index in [9.17, 15) is 27.9 Å². The third-order valence-electron chi connectivity index (χ3n) is 4.12. The van der Waals surface area contributed by atoms with Crippen molar-refractivity contribution in [2.24, 2.45) is 5.92 Å². The molecule has 0 aromatic heterocycles. The van der Waals surface area contributed by atoms with Crippen LogP contribution in [0.25, 0.3) is 0 Å². The van der Waals surface area contributed by atoms with Gasteiger partial charge in [0.1, 0.15) is 0 Å². The van der Waals surface area contributed by atoms with Gasteiger partial charge in [-0.05, 0) is 30.0 Å². The fraction of sp³-hybridized carbons (Fsp3) is 0.300. The number of amides is 1. The predicted molar refractivity (Wildman–Crippen MR) is 94.4 cm³/mol. The van der Waals surface area contributed by atoms with E-state index in [1.54, 1.807) is 36.4 Å². The fourth-order valence-electron chi connectivity index (χ4n) is 2.69. The Balaban J connectivity index is 2.02. The maximum absolute atomic E-state index is 12.5. The van der Waals surface area contributed by atoms with Crippen LogP contribution in [-0.4, -0.2) is 29.7 Å². The zero-order valence-electron chi connectivity index (χ0n) is 14.5. The number of benzene rings is 2. The zero-order chi connectivity index (χ0) is 19.9. The van der Waals surface area contributed by atoms with E-state index in [0.29, 0.717) is 0 Å². The van der Waals surface area contributed by atoms with Crippen LogP contribution >= 0.6 is 0 Å². The minimum Gasteiger partial charge on any atom is -0.481 e. The zero-order valence-corrected chi connectivity index (χ0v) is 14.5. The van der Waals surface area contributed by atoms with Crippen LogP contribution in [0.4, 0.5) is 13.2 Å². The van der Waals surface area contributed by atoms with E-state index in [1.807, 2.05) is 6.07 Å². The number of nitrogens with one attached hydrogen (secondary N) is 1. The highest BCUT2D eigenvalue weighted by molar-refractivity contribution is 5.95. The van der Waals surface area contributed by atoms with Crippen molar-refractivity contribution < 1.29 is 27.9 Å². The smallest absolute Gasteiger partial charge is 0.389 e. The molecular formula is C20H20F3NO3. The fourth-order valence-corrected chi connectivity index (χ4v) is 2.69. The molecule has 27 heavy (non-hydrogen) atoms. The highest BCUT2D eigenvalue weighted by Gasteiger charge is 2.27. The first-order valence-electron chi connectivity index (χ1n) is 8.46. The number of carboxylic acids is 1. The normalized spacial score (nSPS) is 12.4. The number of rotatable bonds is 8. The Morgan fingerprint density at radius 3 is 2.26 bits per heavy atom. The summed E-state index contributed by atoms with van der Waals surface area (Å²) < 4.78 is 37.4. The Kier molecular flexibility index (Phi) is 6.98. The average molecular weight is 379 g/mol. The summed E-state index contributed by atoms with van der Waals surface area (Å²) in [4.78, 5) is 23.8. The number of carbonyl (C=O) groups is 2. The molecular weight excluding hydrogens is 359 g/mol. The van der Waals surface area contributed by atoms with Gasteiger partial charge in [0.15, 0.2) is 0 Å². The molecule has 7 heteroatoms. The van der Waals surface area contributed by atoms with E-state index in [-0.39, 0.29) is 30.5 Å². The van der Waals surface area contributed by atoms with Crippen LogP contribution < -0.4 is 5.32 Å². The molecule has 0 heterocycles. The van der Waals surface area contributed by atoms with Crippen LogP contribution in [0.5, 0.6) is 0 Å². The Morgan fingerprint density at radius 2 is 1.63 bits per heavy atom. The second kappa shape index (κ2) is 9.21. The highest BCUT2D eigenvalue weighted by Crippen LogP contribution is 2.23. The third kappa shape index (κ3) is 6.77. The number of hydrogen-bond donors (Lipinski definition) is 2. The van der Waals surface area contributed by atoms with Gasteiger partial charge in [-0.2, -0.15) is 13.2 Å². The first kappa shape index (κ1) is 20.5.